The molecule has 1 unspecified atom stereocenters. The highest BCUT2D eigenvalue weighted by Crippen LogP contribution is 2.44. The standard InChI is InChI=1S/C19H21N3/c1-3-16(11-12-20)22-18-10-9-14(2)13-17(18)21-19(22)15-7-5-4-6-8-15/h3-13,19,21H,20H2,1-2H3/b12-11-,16-3+. The largest absolute Gasteiger partial charge is 0.405 e. The van der Waals surface area contributed by atoms with Gasteiger partial charge >= 0.3 is 0 Å². The summed E-state index contributed by atoms with van der Waals surface area (Å²) in [5, 5.41) is 3.63. The van der Waals surface area contributed by atoms with Gasteiger partial charge < -0.3 is 16.0 Å². The van der Waals surface area contributed by atoms with E-state index in [0.29, 0.717) is 0 Å². The molecule has 0 amide bonds. The van der Waals surface area contributed by atoms with Crippen LogP contribution in [0.2, 0.25) is 0 Å². The number of hydrogen-bond acceptors (Lipinski definition) is 3. The average Bonchev–Trinajstić information content (AvgIpc) is 2.91. The van der Waals surface area contributed by atoms with Gasteiger partial charge in [0.15, 0.2) is 0 Å². The minimum absolute atomic E-state index is 0.0698. The van der Waals surface area contributed by atoms with E-state index in [4.69, 9.17) is 5.73 Å². The maximum absolute atomic E-state index is 5.63. The van der Waals surface area contributed by atoms with E-state index in [9.17, 15) is 0 Å². The van der Waals surface area contributed by atoms with Crippen molar-refractivity contribution >= 4 is 11.4 Å². The summed E-state index contributed by atoms with van der Waals surface area (Å²) in [6, 6.07) is 16.9. The summed E-state index contributed by atoms with van der Waals surface area (Å²) in [5.74, 6) is 0. The number of hydrogen-bond donors (Lipinski definition) is 2. The summed E-state index contributed by atoms with van der Waals surface area (Å²) in [4.78, 5) is 2.29. The molecular weight excluding hydrogens is 270 g/mol. The number of benzene rings is 2. The predicted octanol–water partition coefficient (Wildman–Crippen LogP) is 4.30. The number of nitrogens with zero attached hydrogens (tertiary/aromatic N) is 1. The van der Waals surface area contributed by atoms with Crippen molar-refractivity contribution in [1.29, 1.82) is 0 Å². The second-order valence-corrected chi connectivity index (χ2v) is 5.42. The van der Waals surface area contributed by atoms with Gasteiger partial charge in [-0.05, 0) is 49.4 Å². The van der Waals surface area contributed by atoms with Crippen LogP contribution in [-0.2, 0) is 0 Å². The molecule has 2 aromatic carbocycles. The van der Waals surface area contributed by atoms with E-state index in [-0.39, 0.29) is 6.17 Å². The lowest BCUT2D eigenvalue weighted by Crippen LogP contribution is -2.26. The molecule has 0 saturated carbocycles. The summed E-state index contributed by atoms with van der Waals surface area (Å²) in [6.45, 7) is 4.14. The van der Waals surface area contributed by atoms with E-state index in [1.54, 1.807) is 6.20 Å². The summed E-state index contributed by atoms with van der Waals surface area (Å²) in [7, 11) is 0. The zero-order chi connectivity index (χ0) is 15.5. The van der Waals surface area contributed by atoms with Crippen LogP contribution in [0.5, 0.6) is 0 Å². The Morgan fingerprint density at radius 1 is 1.18 bits per heavy atom. The molecule has 1 atom stereocenters. The number of rotatable bonds is 3. The maximum atomic E-state index is 5.63. The fourth-order valence-electron chi connectivity index (χ4n) is 2.90. The Morgan fingerprint density at radius 2 is 1.95 bits per heavy atom. The Bertz CT molecular complexity index is 717. The highest BCUT2D eigenvalue weighted by Gasteiger charge is 2.31. The van der Waals surface area contributed by atoms with Gasteiger partial charge in [-0.1, -0.05) is 42.5 Å². The first-order valence-electron chi connectivity index (χ1n) is 7.50. The minimum atomic E-state index is 0.0698. The van der Waals surface area contributed by atoms with Gasteiger partial charge in [-0.25, -0.2) is 0 Å². The Hall–Kier alpha value is -2.68. The first-order chi connectivity index (χ1) is 10.7. The molecule has 0 fully saturated rings. The molecule has 3 nitrogen and oxygen atoms in total. The van der Waals surface area contributed by atoms with Crippen molar-refractivity contribution in [3.05, 3.63) is 83.7 Å². The molecule has 0 saturated heterocycles. The number of anilines is 2. The number of fused-ring (bicyclic) bond motifs is 1. The molecule has 0 aromatic heterocycles. The van der Waals surface area contributed by atoms with Crippen LogP contribution < -0.4 is 16.0 Å². The van der Waals surface area contributed by atoms with Gasteiger partial charge in [0.25, 0.3) is 0 Å². The van der Waals surface area contributed by atoms with Crippen LogP contribution in [0.3, 0.4) is 0 Å². The summed E-state index contributed by atoms with van der Waals surface area (Å²) < 4.78 is 0. The molecule has 0 bridgehead atoms. The Morgan fingerprint density at radius 3 is 2.64 bits per heavy atom. The zero-order valence-electron chi connectivity index (χ0n) is 13.0. The van der Waals surface area contributed by atoms with E-state index < -0.39 is 0 Å². The van der Waals surface area contributed by atoms with Crippen LogP contribution in [0.1, 0.15) is 24.2 Å². The van der Waals surface area contributed by atoms with Crippen molar-refractivity contribution in [3.8, 4) is 0 Å². The first-order valence-corrected chi connectivity index (χ1v) is 7.50. The molecule has 22 heavy (non-hydrogen) atoms. The fraction of sp³-hybridized carbons (Fsp3) is 0.158. The van der Waals surface area contributed by atoms with Crippen molar-refractivity contribution in [2.45, 2.75) is 20.0 Å². The Balaban J connectivity index is 2.11. The highest BCUT2D eigenvalue weighted by atomic mass is 15.3. The molecule has 1 aliphatic rings. The molecule has 0 spiro atoms. The summed E-state index contributed by atoms with van der Waals surface area (Å²) in [6.07, 6.45) is 5.67. The molecular formula is C19H21N3. The van der Waals surface area contributed by atoms with E-state index in [2.05, 4.69) is 65.7 Å². The number of allylic oxidation sites excluding steroid dienone is 2. The summed E-state index contributed by atoms with van der Waals surface area (Å²) >= 11 is 0. The third kappa shape index (κ3) is 2.46. The summed E-state index contributed by atoms with van der Waals surface area (Å²) in [5.41, 5.74) is 11.5. The fourth-order valence-corrected chi connectivity index (χ4v) is 2.90. The van der Waals surface area contributed by atoms with Crippen LogP contribution >= 0.6 is 0 Å². The van der Waals surface area contributed by atoms with Crippen LogP contribution in [0.15, 0.2) is 72.6 Å². The van der Waals surface area contributed by atoms with E-state index in [1.807, 2.05) is 19.1 Å². The number of nitrogens with one attached hydrogen (secondary N) is 1. The molecule has 112 valence electrons. The lowest BCUT2D eigenvalue weighted by Gasteiger charge is -2.28. The van der Waals surface area contributed by atoms with E-state index >= 15 is 0 Å². The van der Waals surface area contributed by atoms with Gasteiger partial charge in [0.05, 0.1) is 11.4 Å². The third-order valence-electron chi connectivity index (χ3n) is 3.92. The van der Waals surface area contributed by atoms with Gasteiger partial charge in [0, 0.05) is 5.70 Å². The van der Waals surface area contributed by atoms with E-state index in [1.165, 1.54) is 16.8 Å². The van der Waals surface area contributed by atoms with Crippen LogP contribution in [-0.4, -0.2) is 0 Å². The third-order valence-corrected chi connectivity index (χ3v) is 3.92. The van der Waals surface area contributed by atoms with E-state index in [0.717, 1.165) is 11.4 Å². The van der Waals surface area contributed by atoms with Crippen molar-refractivity contribution in [2.75, 3.05) is 10.2 Å². The normalized spacial score (nSPS) is 17.6. The second kappa shape index (κ2) is 5.98. The van der Waals surface area contributed by atoms with Gasteiger partial charge in [-0.15, -0.1) is 0 Å². The zero-order valence-corrected chi connectivity index (χ0v) is 13.0. The SMILES string of the molecule is C/C=C(\C=C/N)N1c2ccc(C)cc2NC1c1ccccc1. The van der Waals surface area contributed by atoms with Crippen LogP contribution in [0.25, 0.3) is 0 Å². The Labute approximate surface area is 131 Å². The smallest absolute Gasteiger partial charge is 0.130 e. The predicted molar refractivity (Wildman–Crippen MR) is 93.5 cm³/mol. The quantitative estimate of drug-likeness (QED) is 0.828. The maximum Gasteiger partial charge on any atom is 0.130 e. The molecule has 1 heterocycles. The van der Waals surface area contributed by atoms with Gasteiger partial charge in [0.2, 0.25) is 0 Å². The second-order valence-electron chi connectivity index (χ2n) is 5.42. The first kappa shape index (κ1) is 14.3. The highest BCUT2D eigenvalue weighted by molar-refractivity contribution is 5.80. The Kier molecular flexibility index (Phi) is 3.88. The van der Waals surface area contributed by atoms with Crippen molar-refractivity contribution in [2.24, 2.45) is 5.73 Å². The lowest BCUT2D eigenvalue weighted by molar-refractivity contribution is 0.800. The molecule has 3 N–H and O–H groups in total. The minimum Gasteiger partial charge on any atom is -0.405 e. The van der Waals surface area contributed by atoms with Crippen molar-refractivity contribution in [3.63, 3.8) is 0 Å². The van der Waals surface area contributed by atoms with Gasteiger partial charge in [0.1, 0.15) is 6.17 Å². The van der Waals surface area contributed by atoms with Gasteiger partial charge in [-0.3, -0.25) is 0 Å². The number of nitrogens with two attached hydrogens (primary N) is 1. The van der Waals surface area contributed by atoms with Crippen molar-refractivity contribution in [1.82, 2.24) is 0 Å². The van der Waals surface area contributed by atoms with Gasteiger partial charge in [-0.2, -0.15) is 0 Å². The monoisotopic (exact) mass is 291 g/mol. The molecule has 0 radical (unpaired) electrons. The lowest BCUT2D eigenvalue weighted by atomic mass is 10.1. The molecule has 0 aliphatic carbocycles. The molecule has 3 rings (SSSR count). The topological polar surface area (TPSA) is 41.3 Å². The molecule has 2 aromatic rings. The molecule has 3 heteroatoms. The van der Waals surface area contributed by atoms with Crippen LogP contribution in [0.4, 0.5) is 11.4 Å². The average molecular weight is 291 g/mol. The molecule has 1 aliphatic heterocycles. The van der Waals surface area contributed by atoms with Crippen molar-refractivity contribution < 1.29 is 0 Å². The van der Waals surface area contributed by atoms with Crippen LogP contribution in [0, 0.1) is 6.92 Å². The number of aryl methyl sites for hydroxylation is 1.